The highest BCUT2D eigenvalue weighted by Gasteiger charge is 2.22. The van der Waals surface area contributed by atoms with E-state index in [9.17, 15) is 9.59 Å². The lowest BCUT2D eigenvalue weighted by Gasteiger charge is -2.11. The second-order valence-electron chi connectivity index (χ2n) is 7.27. The number of esters is 2. The molecule has 3 rings (SSSR count). The fourth-order valence-electron chi connectivity index (χ4n) is 2.82. The van der Waals surface area contributed by atoms with Crippen LogP contribution in [0.25, 0.3) is 0 Å². The summed E-state index contributed by atoms with van der Waals surface area (Å²) in [5, 5.41) is 7.70. The predicted octanol–water partition coefficient (Wildman–Crippen LogP) is 4.19. The van der Waals surface area contributed by atoms with E-state index < -0.39 is 24.1 Å². The zero-order chi connectivity index (χ0) is 23.1. The van der Waals surface area contributed by atoms with Crippen molar-refractivity contribution in [2.75, 3.05) is 0 Å². The maximum Gasteiger partial charge on any atom is 0.338 e. The van der Waals surface area contributed by atoms with Crippen molar-refractivity contribution in [2.24, 2.45) is 0 Å². The second kappa shape index (κ2) is 10.7. The van der Waals surface area contributed by atoms with Crippen LogP contribution in [0.15, 0.2) is 33.3 Å². The Morgan fingerprint density at radius 3 is 1.50 bits per heavy atom. The van der Waals surface area contributed by atoms with Crippen molar-refractivity contribution in [2.45, 2.75) is 65.6 Å². The van der Waals surface area contributed by atoms with Gasteiger partial charge in [0.05, 0.1) is 11.1 Å². The zero-order valence-electron chi connectivity index (χ0n) is 18.5. The molecule has 2 heterocycles. The minimum absolute atomic E-state index is 0.235. The van der Waals surface area contributed by atoms with Gasteiger partial charge in [-0.2, -0.15) is 9.97 Å². The summed E-state index contributed by atoms with van der Waals surface area (Å²) in [6.45, 7) is 7.32. The first-order chi connectivity index (χ1) is 15.4. The first-order valence-corrected chi connectivity index (χ1v) is 10.6. The zero-order valence-corrected chi connectivity index (χ0v) is 18.5. The van der Waals surface area contributed by atoms with Gasteiger partial charge in [-0.1, -0.05) is 24.2 Å². The normalized spacial score (nSPS) is 12.9. The fourth-order valence-corrected chi connectivity index (χ4v) is 2.82. The fraction of sp³-hybridized carbons (Fsp3) is 0.455. The number of rotatable bonds is 10. The first kappa shape index (κ1) is 23.1. The number of hydrogen-bond donors (Lipinski definition) is 0. The molecule has 10 nitrogen and oxygen atoms in total. The van der Waals surface area contributed by atoms with Crippen molar-refractivity contribution in [1.29, 1.82) is 0 Å². The van der Waals surface area contributed by atoms with Gasteiger partial charge in [-0.25, -0.2) is 9.59 Å². The minimum Gasteiger partial charge on any atom is -0.449 e. The van der Waals surface area contributed by atoms with Crippen LogP contribution < -0.4 is 0 Å². The summed E-state index contributed by atoms with van der Waals surface area (Å²) >= 11 is 0. The molecule has 0 aliphatic carbocycles. The van der Waals surface area contributed by atoms with E-state index in [0.29, 0.717) is 24.5 Å². The maximum absolute atomic E-state index is 12.4. The van der Waals surface area contributed by atoms with Crippen LogP contribution in [-0.4, -0.2) is 32.2 Å². The third-order valence-corrected chi connectivity index (χ3v) is 4.53. The molecule has 2 unspecified atom stereocenters. The summed E-state index contributed by atoms with van der Waals surface area (Å²) in [6.07, 6.45) is 1.75. The summed E-state index contributed by atoms with van der Waals surface area (Å²) in [7, 11) is 0. The van der Waals surface area contributed by atoms with Crippen molar-refractivity contribution in [3.05, 3.63) is 58.8 Å². The average molecular weight is 442 g/mol. The number of carbonyl (C=O) groups is 2. The van der Waals surface area contributed by atoms with Gasteiger partial charge in [-0.3, -0.25) is 0 Å². The van der Waals surface area contributed by atoms with Gasteiger partial charge in [0, 0.05) is 12.8 Å². The van der Waals surface area contributed by atoms with E-state index >= 15 is 0 Å². The topological polar surface area (TPSA) is 130 Å². The summed E-state index contributed by atoms with van der Waals surface area (Å²) in [6, 6.07) is 5.94. The minimum atomic E-state index is -0.696. The number of aromatic nitrogens is 4. The van der Waals surface area contributed by atoms with E-state index in [2.05, 4.69) is 20.3 Å². The lowest BCUT2D eigenvalue weighted by Crippen LogP contribution is -2.12. The predicted molar refractivity (Wildman–Crippen MR) is 111 cm³/mol. The summed E-state index contributed by atoms with van der Waals surface area (Å²) in [5.74, 6) is 0.470. The number of carbonyl (C=O) groups excluding carboxylic acids is 2. The van der Waals surface area contributed by atoms with E-state index in [1.807, 2.05) is 13.8 Å². The van der Waals surface area contributed by atoms with Crippen LogP contribution in [0.1, 0.15) is 96.9 Å². The Morgan fingerprint density at radius 1 is 0.781 bits per heavy atom. The monoisotopic (exact) mass is 442 g/mol. The summed E-state index contributed by atoms with van der Waals surface area (Å²) in [5.41, 5.74) is 0.548. The number of nitrogens with zero attached hydrogens (tertiary/aromatic N) is 4. The molecule has 0 N–H and O–H groups in total. The Bertz CT molecular complexity index is 960. The SMILES string of the molecule is CCCc1noc(C(C)OC(=O)c2ccc(C(=O)OC(C)c3nc(CCC)no3)cc2)n1. The molecule has 0 aliphatic heterocycles. The van der Waals surface area contributed by atoms with Crippen molar-refractivity contribution in [3.8, 4) is 0 Å². The number of aryl methyl sites for hydroxylation is 2. The number of hydrogen-bond acceptors (Lipinski definition) is 10. The quantitative estimate of drug-likeness (QED) is 0.421. The van der Waals surface area contributed by atoms with Crippen LogP contribution in [0.2, 0.25) is 0 Å². The van der Waals surface area contributed by atoms with Gasteiger partial charge >= 0.3 is 11.9 Å². The lowest BCUT2D eigenvalue weighted by atomic mass is 10.1. The third-order valence-electron chi connectivity index (χ3n) is 4.53. The van der Waals surface area contributed by atoms with Gasteiger partial charge in [0.25, 0.3) is 11.8 Å². The largest absolute Gasteiger partial charge is 0.449 e. The average Bonchev–Trinajstić information content (AvgIpc) is 3.44. The second-order valence-corrected chi connectivity index (χ2v) is 7.27. The molecule has 0 radical (unpaired) electrons. The van der Waals surface area contributed by atoms with Gasteiger partial charge < -0.3 is 18.5 Å². The smallest absolute Gasteiger partial charge is 0.338 e. The molecule has 32 heavy (non-hydrogen) atoms. The Kier molecular flexibility index (Phi) is 7.69. The van der Waals surface area contributed by atoms with Crippen molar-refractivity contribution in [1.82, 2.24) is 20.3 Å². The molecule has 2 aromatic heterocycles. The molecule has 0 amide bonds. The van der Waals surface area contributed by atoms with Crippen LogP contribution in [0.4, 0.5) is 0 Å². The van der Waals surface area contributed by atoms with Gasteiger partial charge in [0.15, 0.2) is 23.9 Å². The van der Waals surface area contributed by atoms with Gasteiger partial charge in [0.2, 0.25) is 0 Å². The molecule has 3 aromatic rings. The van der Waals surface area contributed by atoms with E-state index in [4.69, 9.17) is 18.5 Å². The third kappa shape index (κ3) is 5.77. The molecular formula is C22H26N4O6. The van der Waals surface area contributed by atoms with Crippen molar-refractivity contribution < 1.29 is 28.1 Å². The standard InChI is InChI=1S/C22H26N4O6/c1-5-7-17-23-19(31-25-17)13(3)29-21(27)15-9-11-16(12-10-15)22(28)30-14(4)20-24-18(8-6-2)26-32-20/h9-14H,5-8H2,1-4H3. The molecule has 1 aromatic carbocycles. The van der Waals surface area contributed by atoms with Crippen LogP contribution in [0, 0.1) is 0 Å². The highest BCUT2D eigenvalue weighted by Crippen LogP contribution is 2.20. The molecule has 0 saturated heterocycles. The molecule has 0 bridgehead atoms. The van der Waals surface area contributed by atoms with Crippen molar-refractivity contribution in [3.63, 3.8) is 0 Å². The number of ether oxygens (including phenoxy) is 2. The molecule has 0 aliphatic rings. The first-order valence-electron chi connectivity index (χ1n) is 10.6. The van der Waals surface area contributed by atoms with E-state index in [-0.39, 0.29) is 22.9 Å². The van der Waals surface area contributed by atoms with Gasteiger partial charge in [-0.15, -0.1) is 0 Å². The van der Waals surface area contributed by atoms with E-state index in [0.717, 1.165) is 12.8 Å². The molecule has 170 valence electrons. The Balaban J connectivity index is 1.56. The molecule has 10 heteroatoms. The Hall–Kier alpha value is -3.56. The van der Waals surface area contributed by atoms with Crippen LogP contribution in [0.5, 0.6) is 0 Å². The highest BCUT2D eigenvalue weighted by atomic mass is 16.6. The van der Waals surface area contributed by atoms with Gasteiger partial charge in [-0.05, 0) is 51.0 Å². The van der Waals surface area contributed by atoms with Crippen LogP contribution in [-0.2, 0) is 22.3 Å². The lowest BCUT2D eigenvalue weighted by molar-refractivity contribution is 0.0252. The maximum atomic E-state index is 12.4. The molecule has 2 atom stereocenters. The van der Waals surface area contributed by atoms with Crippen LogP contribution >= 0.6 is 0 Å². The highest BCUT2D eigenvalue weighted by molar-refractivity contribution is 5.93. The van der Waals surface area contributed by atoms with Gasteiger partial charge in [0.1, 0.15) is 0 Å². The summed E-state index contributed by atoms with van der Waals surface area (Å²) < 4.78 is 21.0. The summed E-state index contributed by atoms with van der Waals surface area (Å²) in [4.78, 5) is 33.2. The van der Waals surface area contributed by atoms with Crippen LogP contribution in [0.3, 0.4) is 0 Å². The van der Waals surface area contributed by atoms with E-state index in [1.165, 1.54) is 24.3 Å². The van der Waals surface area contributed by atoms with E-state index in [1.54, 1.807) is 13.8 Å². The molecule has 0 saturated carbocycles. The molecular weight excluding hydrogens is 416 g/mol. The Morgan fingerprint density at radius 2 is 1.16 bits per heavy atom. The Labute approximate surface area is 185 Å². The number of benzene rings is 1. The molecule has 0 spiro atoms. The molecule has 0 fully saturated rings. The van der Waals surface area contributed by atoms with Crippen molar-refractivity contribution >= 4 is 11.9 Å².